The summed E-state index contributed by atoms with van der Waals surface area (Å²) in [7, 11) is 0. The lowest BCUT2D eigenvalue weighted by Gasteiger charge is -2.60. The third-order valence-corrected chi connectivity index (χ3v) is 18.4. The van der Waals surface area contributed by atoms with Crippen LogP contribution in [0, 0.1) is 52.3 Å². The van der Waals surface area contributed by atoms with Crippen molar-refractivity contribution in [2.75, 3.05) is 26.4 Å². The molecule has 4 saturated carbocycles. The topological polar surface area (TPSA) is 279 Å². The zero-order valence-corrected chi connectivity index (χ0v) is 37.1. The van der Waals surface area contributed by atoms with Gasteiger partial charge in [-0.15, -0.1) is 0 Å². The van der Waals surface area contributed by atoms with Crippen LogP contribution in [0.25, 0.3) is 0 Å². The fraction of sp³-hybridized carbons (Fsp3) is 1.00. The molecule has 0 aromatic carbocycles. The Morgan fingerprint density at radius 2 is 1.14 bits per heavy atom. The minimum Gasteiger partial charge on any atom is -0.394 e. The van der Waals surface area contributed by atoms with Gasteiger partial charge in [0.15, 0.2) is 18.9 Å². The first-order chi connectivity index (χ1) is 30.0. The highest BCUT2D eigenvalue weighted by Crippen LogP contribution is 2.70. The van der Waals surface area contributed by atoms with Crippen molar-refractivity contribution >= 4 is 0 Å². The normalized spacial score (nSPS) is 58.2. The van der Waals surface area contributed by atoms with Crippen LogP contribution in [0.5, 0.6) is 0 Å². The van der Waals surface area contributed by atoms with Crippen LogP contribution >= 0.6 is 0 Å². The fourth-order valence-electron chi connectivity index (χ4n) is 14.7. The van der Waals surface area contributed by atoms with Gasteiger partial charge in [0.2, 0.25) is 0 Å². The number of hydrogen-bond donors (Lipinski definition) is 11. The molecule has 11 N–H and O–H groups in total. The van der Waals surface area contributed by atoms with Crippen molar-refractivity contribution in [2.24, 2.45) is 52.3 Å². The molecule has 5 unspecified atom stereocenters. The lowest BCUT2D eigenvalue weighted by Crippen LogP contribution is -2.67. The van der Waals surface area contributed by atoms with E-state index in [1.807, 2.05) is 0 Å². The summed E-state index contributed by atoms with van der Waals surface area (Å²) in [6, 6.07) is 0. The number of rotatable bonds is 9. The molecule has 0 aromatic heterocycles. The number of nitrogens with one attached hydrogen (secondary N) is 1. The van der Waals surface area contributed by atoms with Gasteiger partial charge in [0.25, 0.3) is 0 Å². The second kappa shape index (κ2) is 18.0. The van der Waals surface area contributed by atoms with E-state index in [1.165, 1.54) is 19.3 Å². The largest absolute Gasteiger partial charge is 0.394 e. The maximum atomic E-state index is 11.6. The molecule has 0 amide bonds. The Hall–Kier alpha value is -0.720. The van der Waals surface area contributed by atoms with Crippen molar-refractivity contribution in [3.8, 4) is 0 Å². The van der Waals surface area contributed by atoms with E-state index in [1.54, 1.807) is 0 Å². The number of aliphatic hydroxyl groups excluding tert-OH is 10. The molecule has 18 heteroatoms. The van der Waals surface area contributed by atoms with E-state index in [2.05, 4.69) is 33.0 Å². The number of aliphatic hydroxyl groups is 10. The molecular weight excluding hydrogens is 826 g/mol. The molecule has 0 aromatic rings. The number of ether oxygens (including phenoxy) is 7. The average Bonchev–Trinajstić information content (AvgIpc) is 3.72. The second-order valence-corrected chi connectivity index (χ2v) is 21.7. The monoisotopic (exact) mass is 902 g/mol. The summed E-state index contributed by atoms with van der Waals surface area (Å²) < 4.78 is 42.8. The Labute approximate surface area is 369 Å². The van der Waals surface area contributed by atoms with Crippen LogP contribution in [0.2, 0.25) is 0 Å². The van der Waals surface area contributed by atoms with Gasteiger partial charge in [-0.25, -0.2) is 0 Å². The maximum absolute atomic E-state index is 11.6. The summed E-state index contributed by atoms with van der Waals surface area (Å²) in [5.74, 6) is 3.84. The van der Waals surface area contributed by atoms with Gasteiger partial charge in [0.1, 0.15) is 79.0 Å². The van der Waals surface area contributed by atoms with Crippen molar-refractivity contribution in [3.63, 3.8) is 0 Å². The van der Waals surface area contributed by atoms with Gasteiger partial charge in [-0.05, 0) is 111 Å². The van der Waals surface area contributed by atoms with E-state index >= 15 is 0 Å². The van der Waals surface area contributed by atoms with Crippen LogP contribution in [-0.4, -0.2) is 187 Å². The van der Waals surface area contributed by atoms with E-state index in [-0.39, 0.29) is 28.8 Å². The van der Waals surface area contributed by atoms with E-state index in [9.17, 15) is 51.1 Å². The van der Waals surface area contributed by atoms with Crippen molar-refractivity contribution in [1.29, 1.82) is 0 Å². The summed E-state index contributed by atoms with van der Waals surface area (Å²) in [6.45, 7) is 8.55. The van der Waals surface area contributed by atoms with Crippen LogP contribution in [-0.2, 0) is 33.2 Å². The molecule has 4 aliphatic carbocycles. The number of piperidine rings is 1. The Kier molecular flexibility index (Phi) is 13.5. The zero-order chi connectivity index (χ0) is 44.9. The van der Waals surface area contributed by atoms with Crippen molar-refractivity contribution in [1.82, 2.24) is 5.32 Å². The molecule has 0 bridgehead atoms. The Balaban J connectivity index is 0.859. The molecule has 63 heavy (non-hydrogen) atoms. The molecule has 9 fully saturated rings. The van der Waals surface area contributed by atoms with Gasteiger partial charge in [-0.2, -0.15) is 0 Å². The highest BCUT2D eigenvalue weighted by atomic mass is 16.8. The van der Waals surface area contributed by atoms with E-state index < -0.39 is 112 Å². The summed E-state index contributed by atoms with van der Waals surface area (Å²) >= 11 is 0. The molecule has 9 aliphatic rings. The number of hydrogen-bond acceptors (Lipinski definition) is 18. The minimum atomic E-state index is -1.89. The summed E-state index contributed by atoms with van der Waals surface area (Å²) in [4.78, 5) is 0. The van der Waals surface area contributed by atoms with Gasteiger partial charge in [0, 0.05) is 12.5 Å². The summed E-state index contributed by atoms with van der Waals surface area (Å²) in [6.07, 6.45) is -13.9. The summed E-state index contributed by atoms with van der Waals surface area (Å²) in [5.41, 5.74) is 0.202. The third kappa shape index (κ3) is 7.98. The van der Waals surface area contributed by atoms with Gasteiger partial charge < -0.3 is 84.2 Å². The van der Waals surface area contributed by atoms with Crippen LogP contribution < -0.4 is 5.32 Å². The first-order valence-electron chi connectivity index (χ1n) is 23.9. The third-order valence-electron chi connectivity index (χ3n) is 18.4. The molecule has 5 heterocycles. The van der Waals surface area contributed by atoms with E-state index in [0.717, 1.165) is 51.5 Å². The molecule has 362 valence electrons. The molecule has 0 radical (unpaired) electrons. The lowest BCUT2D eigenvalue weighted by molar-refractivity contribution is -0.390. The smallest absolute Gasteiger partial charge is 0.187 e. The lowest BCUT2D eigenvalue weighted by atomic mass is 9.45. The molecular formula is C45H75NO17. The molecule has 9 rings (SSSR count). The molecule has 5 aliphatic heterocycles. The Morgan fingerprint density at radius 1 is 0.571 bits per heavy atom. The minimum absolute atomic E-state index is 0.163. The van der Waals surface area contributed by atoms with Gasteiger partial charge in [-0.1, -0.05) is 27.7 Å². The first kappa shape index (κ1) is 47.4. The van der Waals surface area contributed by atoms with Crippen LogP contribution in [0.15, 0.2) is 0 Å². The molecule has 27 atom stereocenters. The van der Waals surface area contributed by atoms with Crippen molar-refractivity contribution in [3.05, 3.63) is 0 Å². The SMILES string of the molecule is C[C@H]1CC[C@]2(NC1)OC1C[C@H]3[C@@H]4CC[C@]5(C)CCC(O[C@@H]6O[C@H](CO)C(O[C@@H]7O[C@H](CO)[C@@H](O)[C@H](O)C7O[C@@H]7O[C@H](CO)[C@@H](O)[C@H](O)[C@H]7O)[C@H](O)[C@H]6O)C[C@H]5C4CC[C@]3(C)[C@H]1[C@@H]2C. The molecule has 18 nitrogen and oxygen atoms in total. The van der Waals surface area contributed by atoms with Crippen molar-refractivity contribution in [2.45, 2.75) is 202 Å². The Morgan fingerprint density at radius 3 is 1.83 bits per heavy atom. The standard InChI is InChI=1S/C45H75NO17/c1-19-5-12-45(46-15-19)20(2)30-26(63-45)14-25-23-7-10-43(3)9-6-21(13-24(43)22(23)8-11-44(25,30)4)57-40-37(56)35(54)38(29(18-49)60-40)61-42-39(34(53)32(51)28(17-48)59-42)62-41-36(55)33(52)31(50)27(16-47)58-41/h19-42,46-56H,5-18H2,1-4H3/t19-,20-,21?,22?,23+,24-,25-,26?,27+,28+,29+,30-,31+,32+,33-,34-,35+,36+,37+,38?,39?,40+,41-,42-,43-,44-,45-/m0/s1. The van der Waals surface area contributed by atoms with Crippen LogP contribution in [0.1, 0.15) is 91.9 Å². The van der Waals surface area contributed by atoms with Gasteiger partial charge >= 0.3 is 0 Å². The fourth-order valence-corrected chi connectivity index (χ4v) is 14.7. The van der Waals surface area contributed by atoms with E-state index in [4.69, 9.17) is 33.2 Å². The molecule has 1 spiro atoms. The quantitative estimate of drug-likeness (QED) is 0.122. The van der Waals surface area contributed by atoms with Gasteiger partial charge in [0.05, 0.1) is 32.0 Å². The number of fused-ring (bicyclic) bond motifs is 7. The maximum Gasteiger partial charge on any atom is 0.187 e. The zero-order valence-electron chi connectivity index (χ0n) is 37.1. The average molecular weight is 902 g/mol. The van der Waals surface area contributed by atoms with Crippen LogP contribution in [0.4, 0.5) is 0 Å². The Bertz CT molecular complexity index is 1570. The highest BCUT2D eigenvalue weighted by molar-refractivity contribution is 5.16. The van der Waals surface area contributed by atoms with Crippen LogP contribution in [0.3, 0.4) is 0 Å². The second-order valence-electron chi connectivity index (χ2n) is 21.7. The summed E-state index contributed by atoms with van der Waals surface area (Å²) in [5, 5.41) is 110. The predicted octanol–water partition coefficient (Wildman–Crippen LogP) is -1.16. The highest BCUT2D eigenvalue weighted by Gasteiger charge is 2.68. The van der Waals surface area contributed by atoms with E-state index in [0.29, 0.717) is 41.4 Å². The van der Waals surface area contributed by atoms with Gasteiger partial charge in [-0.3, -0.25) is 5.32 Å². The molecule has 5 saturated heterocycles. The van der Waals surface area contributed by atoms with Crippen molar-refractivity contribution < 1.29 is 84.2 Å². The predicted molar refractivity (Wildman–Crippen MR) is 218 cm³/mol. The first-order valence-corrected chi connectivity index (χ1v) is 23.9.